The fraction of sp³-hybridized carbons (Fsp3) is 0.588. The number of nitrogens with zero attached hydrogens (tertiary/aromatic N) is 1. The van der Waals surface area contributed by atoms with Crippen LogP contribution >= 0.6 is 12.4 Å². The molecule has 1 aromatic carbocycles. The lowest BCUT2D eigenvalue weighted by Gasteiger charge is -2.19. The summed E-state index contributed by atoms with van der Waals surface area (Å²) in [5.41, 5.74) is 2.74. The number of amides is 1. The van der Waals surface area contributed by atoms with Crippen molar-refractivity contribution < 1.29 is 4.79 Å². The first-order valence-corrected chi connectivity index (χ1v) is 7.32. The molecule has 3 nitrogen and oxygen atoms in total. The predicted octanol–water partition coefficient (Wildman–Crippen LogP) is 3.02. The molecule has 120 valence electrons. The topological polar surface area (TPSA) is 32.3 Å². The summed E-state index contributed by atoms with van der Waals surface area (Å²) < 4.78 is 0. The molecular formula is C17H29ClN2O. The van der Waals surface area contributed by atoms with E-state index < -0.39 is 0 Å². The van der Waals surface area contributed by atoms with Crippen molar-refractivity contribution >= 4 is 18.3 Å². The zero-order valence-corrected chi connectivity index (χ0v) is 14.7. The number of nitrogens with one attached hydrogen (secondary N) is 1. The van der Waals surface area contributed by atoms with Crippen molar-refractivity contribution in [3.8, 4) is 0 Å². The molecule has 0 heterocycles. The van der Waals surface area contributed by atoms with E-state index in [1.807, 2.05) is 14.1 Å². The first kappa shape index (κ1) is 19.9. The largest absolute Gasteiger partial charge is 0.344 e. The van der Waals surface area contributed by atoms with E-state index in [1.165, 1.54) is 11.1 Å². The van der Waals surface area contributed by atoms with Crippen LogP contribution in [0.1, 0.15) is 38.3 Å². The molecule has 0 bridgehead atoms. The molecule has 0 aliphatic rings. The molecule has 0 unspecified atom stereocenters. The number of hydrogen-bond donors (Lipinski definition) is 1. The maximum absolute atomic E-state index is 11.9. The molecule has 1 amide bonds. The van der Waals surface area contributed by atoms with Gasteiger partial charge in [0.05, 0.1) is 0 Å². The molecule has 1 rings (SSSR count). The number of hydrogen-bond acceptors (Lipinski definition) is 2. The molecule has 0 aromatic heterocycles. The van der Waals surface area contributed by atoms with Gasteiger partial charge in [0.25, 0.3) is 0 Å². The standard InChI is InChI=1S/C17H28N2O.ClH/c1-17(2,3)15-9-6-14(7-10-15)8-11-16(20)19(5)13-12-18-4;/h6-7,9-10,18H,8,11-13H2,1-5H3;1H. The van der Waals surface area contributed by atoms with Gasteiger partial charge in [0.2, 0.25) is 5.91 Å². The molecule has 1 aromatic rings. The lowest BCUT2D eigenvalue weighted by Crippen LogP contribution is -2.32. The molecule has 4 heteroatoms. The van der Waals surface area contributed by atoms with E-state index in [0.29, 0.717) is 6.42 Å². The lowest BCUT2D eigenvalue weighted by molar-refractivity contribution is -0.129. The van der Waals surface area contributed by atoms with Gasteiger partial charge in [-0.05, 0) is 30.0 Å². The van der Waals surface area contributed by atoms with Crippen LogP contribution in [-0.2, 0) is 16.6 Å². The fourth-order valence-electron chi connectivity index (χ4n) is 2.02. The smallest absolute Gasteiger partial charge is 0.222 e. The van der Waals surface area contributed by atoms with Gasteiger partial charge in [0, 0.05) is 26.6 Å². The van der Waals surface area contributed by atoms with E-state index in [4.69, 9.17) is 0 Å². The maximum Gasteiger partial charge on any atom is 0.222 e. The lowest BCUT2D eigenvalue weighted by atomic mass is 9.86. The van der Waals surface area contributed by atoms with E-state index in [1.54, 1.807) is 4.90 Å². The molecule has 0 saturated heterocycles. The number of aryl methyl sites for hydroxylation is 1. The molecule has 1 N–H and O–H groups in total. The van der Waals surface area contributed by atoms with Gasteiger partial charge in [-0.3, -0.25) is 4.79 Å². The van der Waals surface area contributed by atoms with Gasteiger partial charge < -0.3 is 10.2 Å². The van der Waals surface area contributed by atoms with Crippen molar-refractivity contribution in [1.82, 2.24) is 10.2 Å². The van der Waals surface area contributed by atoms with Crippen LogP contribution in [0.2, 0.25) is 0 Å². The summed E-state index contributed by atoms with van der Waals surface area (Å²) >= 11 is 0. The summed E-state index contributed by atoms with van der Waals surface area (Å²) in [5, 5.41) is 3.05. The molecule has 0 aliphatic carbocycles. The van der Waals surface area contributed by atoms with E-state index in [2.05, 4.69) is 50.4 Å². The molecule has 0 saturated carbocycles. The highest BCUT2D eigenvalue weighted by Gasteiger charge is 2.13. The van der Waals surface area contributed by atoms with Gasteiger partial charge in [-0.25, -0.2) is 0 Å². The molecule has 0 fully saturated rings. The van der Waals surface area contributed by atoms with Gasteiger partial charge in [-0.15, -0.1) is 12.4 Å². The van der Waals surface area contributed by atoms with Gasteiger partial charge >= 0.3 is 0 Å². The van der Waals surface area contributed by atoms with Crippen molar-refractivity contribution in [2.45, 2.75) is 39.0 Å². The van der Waals surface area contributed by atoms with E-state index in [0.717, 1.165) is 19.5 Å². The fourth-order valence-corrected chi connectivity index (χ4v) is 2.02. The Morgan fingerprint density at radius 2 is 1.76 bits per heavy atom. The van der Waals surface area contributed by atoms with Crippen molar-refractivity contribution in [3.63, 3.8) is 0 Å². The quantitative estimate of drug-likeness (QED) is 0.875. The second kappa shape index (κ2) is 9.06. The Labute approximate surface area is 135 Å². The molecule has 21 heavy (non-hydrogen) atoms. The number of benzene rings is 1. The molecule has 0 atom stereocenters. The minimum atomic E-state index is 0. The SMILES string of the molecule is CNCCN(C)C(=O)CCc1ccc(C(C)(C)C)cc1.Cl. The highest BCUT2D eigenvalue weighted by molar-refractivity contribution is 5.85. The van der Waals surface area contributed by atoms with Crippen molar-refractivity contribution in [3.05, 3.63) is 35.4 Å². The molecule has 0 spiro atoms. The minimum Gasteiger partial charge on any atom is -0.344 e. The first-order valence-electron chi connectivity index (χ1n) is 7.32. The summed E-state index contributed by atoms with van der Waals surface area (Å²) in [5.74, 6) is 0.208. The summed E-state index contributed by atoms with van der Waals surface area (Å²) in [6.07, 6.45) is 1.39. The van der Waals surface area contributed by atoms with Crippen molar-refractivity contribution in [1.29, 1.82) is 0 Å². The first-order chi connectivity index (χ1) is 9.34. The number of carbonyl (C=O) groups is 1. The van der Waals surface area contributed by atoms with Gasteiger partial charge in [-0.1, -0.05) is 45.0 Å². The van der Waals surface area contributed by atoms with Crippen LogP contribution in [0.5, 0.6) is 0 Å². The zero-order chi connectivity index (χ0) is 15.2. The van der Waals surface area contributed by atoms with Crippen molar-refractivity contribution in [2.75, 3.05) is 27.2 Å². The van der Waals surface area contributed by atoms with E-state index in [-0.39, 0.29) is 23.7 Å². The van der Waals surface area contributed by atoms with Gasteiger partial charge in [0.1, 0.15) is 0 Å². The third-order valence-corrected chi connectivity index (χ3v) is 3.57. The van der Waals surface area contributed by atoms with Crippen LogP contribution in [-0.4, -0.2) is 38.0 Å². The van der Waals surface area contributed by atoms with Crippen LogP contribution in [0.25, 0.3) is 0 Å². The van der Waals surface area contributed by atoms with E-state index >= 15 is 0 Å². The summed E-state index contributed by atoms with van der Waals surface area (Å²) in [4.78, 5) is 13.7. The van der Waals surface area contributed by atoms with Crippen LogP contribution < -0.4 is 5.32 Å². The van der Waals surface area contributed by atoms with Crippen LogP contribution in [0.3, 0.4) is 0 Å². The van der Waals surface area contributed by atoms with Crippen LogP contribution in [0.4, 0.5) is 0 Å². The number of carbonyl (C=O) groups excluding carboxylic acids is 1. The predicted molar refractivity (Wildman–Crippen MR) is 92.3 cm³/mol. The highest BCUT2D eigenvalue weighted by atomic mass is 35.5. The Bertz CT molecular complexity index is 423. The minimum absolute atomic E-state index is 0. The Morgan fingerprint density at radius 3 is 2.24 bits per heavy atom. The number of rotatable bonds is 6. The third-order valence-electron chi connectivity index (χ3n) is 3.57. The van der Waals surface area contributed by atoms with Crippen LogP contribution in [0, 0.1) is 0 Å². The average molecular weight is 313 g/mol. The second-order valence-corrected chi connectivity index (χ2v) is 6.37. The Balaban J connectivity index is 0.00000400. The molecule has 0 radical (unpaired) electrons. The van der Waals surface area contributed by atoms with Gasteiger partial charge in [0.15, 0.2) is 0 Å². The average Bonchev–Trinajstić information content (AvgIpc) is 2.41. The summed E-state index contributed by atoms with van der Waals surface area (Å²) in [6.45, 7) is 8.23. The highest BCUT2D eigenvalue weighted by Crippen LogP contribution is 2.22. The molecule has 0 aliphatic heterocycles. The van der Waals surface area contributed by atoms with E-state index in [9.17, 15) is 4.79 Å². The summed E-state index contributed by atoms with van der Waals surface area (Å²) in [7, 11) is 3.76. The number of likely N-dealkylation sites (N-methyl/N-ethyl adjacent to an activating group) is 2. The van der Waals surface area contributed by atoms with Crippen LogP contribution in [0.15, 0.2) is 24.3 Å². The second-order valence-electron chi connectivity index (χ2n) is 6.37. The summed E-state index contributed by atoms with van der Waals surface area (Å²) in [6, 6.07) is 8.62. The Hall–Kier alpha value is -1.06. The Kier molecular flexibility index (Phi) is 8.60. The third kappa shape index (κ3) is 6.96. The molecular weight excluding hydrogens is 284 g/mol. The number of halogens is 1. The van der Waals surface area contributed by atoms with Crippen molar-refractivity contribution in [2.24, 2.45) is 0 Å². The Morgan fingerprint density at radius 1 is 1.19 bits per heavy atom. The monoisotopic (exact) mass is 312 g/mol. The maximum atomic E-state index is 11.9. The normalized spacial score (nSPS) is 10.9. The van der Waals surface area contributed by atoms with Gasteiger partial charge in [-0.2, -0.15) is 0 Å². The zero-order valence-electron chi connectivity index (χ0n) is 13.9.